The van der Waals surface area contributed by atoms with Gasteiger partial charge >= 0.3 is 0 Å². The summed E-state index contributed by atoms with van der Waals surface area (Å²) >= 11 is 0. The molecule has 1 fully saturated rings. The molecule has 2 aromatic carbocycles. The van der Waals surface area contributed by atoms with Gasteiger partial charge in [0.05, 0.1) is 0 Å². The van der Waals surface area contributed by atoms with Crippen molar-refractivity contribution in [3.63, 3.8) is 0 Å². The lowest BCUT2D eigenvalue weighted by Crippen LogP contribution is -2.45. The average Bonchev–Trinajstić information content (AvgIpc) is 3.25. The highest BCUT2D eigenvalue weighted by Gasteiger charge is 2.13. The molecule has 4 aromatic rings. The fraction of sp³-hybridized carbons (Fsp3) is 0.414. The van der Waals surface area contributed by atoms with Crippen molar-refractivity contribution < 1.29 is 4.74 Å². The van der Waals surface area contributed by atoms with E-state index in [4.69, 9.17) is 15.5 Å². The van der Waals surface area contributed by atoms with E-state index in [1.807, 2.05) is 0 Å². The molecule has 2 aromatic heterocycles. The molecular formula is C29H37N5O. The number of hydrogen-bond acceptors (Lipinski definition) is 5. The summed E-state index contributed by atoms with van der Waals surface area (Å²) in [6, 6.07) is 19.4. The standard InChI is InChI=1S/C29H37N5O/c1-33-15-17-34(18-16-33)19-20-35-25-10-6-22(7-11-25)23-8-13-28-27(21-23)26-12-9-24(31-29(26)32-28)5-3-2-4-14-30/h6-13,21H,2-5,14-20,30H2,1H3,(H,31,32). The van der Waals surface area contributed by atoms with Gasteiger partial charge in [0, 0.05) is 54.7 Å². The summed E-state index contributed by atoms with van der Waals surface area (Å²) in [6.45, 7) is 7.01. The fourth-order valence-corrected chi connectivity index (χ4v) is 4.87. The highest BCUT2D eigenvalue weighted by Crippen LogP contribution is 2.30. The Morgan fingerprint density at radius 3 is 2.49 bits per heavy atom. The van der Waals surface area contributed by atoms with E-state index in [0.29, 0.717) is 0 Å². The summed E-state index contributed by atoms with van der Waals surface area (Å²) in [4.78, 5) is 13.2. The molecule has 3 N–H and O–H groups in total. The number of hydrogen-bond donors (Lipinski definition) is 2. The van der Waals surface area contributed by atoms with Gasteiger partial charge in [0.15, 0.2) is 0 Å². The Balaban J connectivity index is 1.24. The van der Waals surface area contributed by atoms with Crippen LogP contribution in [0.25, 0.3) is 33.1 Å². The van der Waals surface area contributed by atoms with E-state index < -0.39 is 0 Å². The lowest BCUT2D eigenvalue weighted by molar-refractivity contribution is 0.134. The molecule has 0 spiro atoms. The number of unbranched alkanes of at least 4 members (excludes halogenated alkanes) is 2. The summed E-state index contributed by atoms with van der Waals surface area (Å²) in [5.41, 5.74) is 11.2. The largest absolute Gasteiger partial charge is 0.492 e. The lowest BCUT2D eigenvalue weighted by atomic mass is 10.0. The molecule has 0 amide bonds. The number of aromatic amines is 1. The highest BCUT2D eigenvalue weighted by atomic mass is 16.5. The SMILES string of the molecule is CN1CCN(CCOc2ccc(-c3ccc4[nH]c5nc(CCCCCN)ccc5c4c3)cc2)CC1. The van der Waals surface area contributed by atoms with Crippen molar-refractivity contribution in [1.29, 1.82) is 0 Å². The van der Waals surface area contributed by atoms with Crippen LogP contribution in [0.3, 0.4) is 0 Å². The fourth-order valence-electron chi connectivity index (χ4n) is 4.87. The van der Waals surface area contributed by atoms with Crippen molar-refractivity contribution in [3.05, 3.63) is 60.3 Å². The molecule has 184 valence electrons. The third-order valence-electron chi connectivity index (χ3n) is 7.11. The van der Waals surface area contributed by atoms with Gasteiger partial charge in [-0.05, 0) is 80.4 Å². The lowest BCUT2D eigenvalue weighted by Gasteiger charge is -2.32. The summed E-state index contributed by atoms with van der Waals surface area (Å²) in [7, 11) is 2.19. The Labute approximate surface area is 208 Å². The Kier molecular flexibility index (Phi) is 7.62. The van der Waals surface area contributed by atoms with Crippen LogP contribution in [-0.4, -0.2) is 72.7 Å². The first-order valence-electron chi connectivity index (χ1n) is 13.0. The van der Waals surface area contributed by atoms with Crippen molar-refractivity contribution in [2.45, 2.75) is 25.7 Å². The number of piperazine rings is 1. The molecule has 1 saturated heterocycles. The van der Waals surface area contributed by atoms with Gasteiger partial charge in [-0.15, -0.1) is 0 Å². The van der Waals surface area contributed by atoms with E-state index >= 15 is 0 Å². The number of nitrogens with two attached hydrogens (primary N) is 1. The molecule has 5 rings (SSSR count). The number of aryl methyl sites for hydroxylation is 1. The number of nitrogens with one attached hydrogen (secondary N) is 1. The molecule has 35 heavy (non-hydrogen) atoms. The topological polar surface area (TPSA) is 70.4 Å². The maximum Gasteiger partial charge on any atom is 0.138 e. The second-order valence-electron chi connectivity index (χ2n) is 9.70. The number of H-pyrrole nitrogens is 1. The summed E-state index contributed by atoms with van der Waals surface area (Å²) in [5.74, 6) is 0.930. The minimum absolute atomic E-state index is 0.729. The van der Waals surface area contributed by atoms with E-state index in [-0.39, 0.29) is 0 Å². The molecule has 3 heterocycles. The van der Waals surface area contributed by atoms with Gasteiger partial charge in [-0.2, -0.15) is 0 Å². The monoisotopic (exact) mass is 471 g/mol. The van der Waals surface area contributed by atoms with Crippen LogP contribution < -0.4 is 10.5 Å². The van der Waals surface area contributed by atoms with Gasteiger partial charge in [0.1, 0.15) is 18.0 Å². The number of pyridine rings is 1. The van der Waals surface area contributed by atoms with E-state index in [1.165, 1.54) is 21.9 Å². The smallest absolute Gasteiger partial charge is 0.138 e. The van der Waals surface area contributed by atoms with Gasteiger partial charge in [0.25, 0.3) is 0 Å². The maximum absolute atomic E-state index is 6.02. The molecule has 6 heteroatoms. The predicted octanol–water partition coefficient (Wildman–Crippen LogP) is 4.68. The van der Waals surface area contributed by atoms with Crippen LogP contribution in [0.15, 0.2) is 54.6 Å². The molecule has 1 aliphatic rings. The average molecular weight is 472 g/mol. The molecular weight excluding hydrogens is 434 g/mol. The number of benzene rings is 2. The highest BCUT2D eigenvalue weighted by molar-refractivity contribution is 6.07. The zero-order valence-electron chi connectivity index (χ0n) is 20.8. The van der Waals surface area contributed by atoms with Crippen molar-refractivity contribution in [1.82, 2.24) is 19.8 Å². The molecule has 0 saturated carbocycles. The van der Waals surface area contributed by atoms with Crippen LogP contribution in [0.5, 0.6) is 5.75 Å². The number of nitrogens with zero attached hydrogens (tertiary/aromatic N) is 3. The minimum Gasteiger partial charge on any atom is -0.492 e. The molecule has 0 radical (unpaired) electrons. The van der Waals surface area contributed by atoms with Crippen molar-refractivity contribution >= 4 is 21.9 Å². The van der Waals surface area contributed by atoms with Crippen molar-refractivity contribution in [2.75, 3.05) is 52.9 Å². The second-order valence-corrected chi connectivity index (χ2v) is 9.70. The van der Waals surface area contributed by atoms with E-state index in [1.54, 1.807) is 0 Å². The Morgan fingerprint density at radius 2 is 1.69 bits per heavy atom. The molecule has 0 atom stereocenters. The van der Waals surface area contributed by atoms with Gasteiger partial charge < -0.3 is 20.4 Å². The van der Waals surface area contributed by atoms with E-state index in [2.05, 4.69) is 76.4 Å². The van der Waals surface area contributed by atoms with Gasteiger partial charge in [-0.1, -0.05) is 24.6 Å². The van der Waals surface area contributed by atoms with Crippen LogP contribution >= 0.6 is 0 Å². The summed E-state index contributed by atoms with van der Waals surface area (Å²) in [5, 5.41) is 2.39. The second kappa shape index (κ2) is 11.2. The van der Waals surface area contributed by atoms with Crippen LogP contribution in [-0.2, 0) is 6.42 Å². The quantitative estimate of drug-likeness (QED) is 0.329. The number of rotatable bonds is 10. The first-order valence-corrected chi connectivity index (χ1v) is 13.0. The van der Waals surface area contributed by atoms with Crippen LogP contribution in [0.4, 0.5) is 0 Å². The number of aromatic nitrogens is 2. The first-order chi connectivity index (χ1) is 17.2. The molecule has 6 nitrogen and oxygen atoms in total. The third-order valence-corrected chi connectivity index (χ3v) is 7.11. The molecule has 0 aliphatic carbocycles. The maximum atomic E-state index is 6.02. The summed E-state index contributed by atoms with van der Waals surface area (Å²) in [6.07, 6.45) is 4.38. The Morgan fingerprint density at radius 1 is 0.886 bits per heavy atom. The molecule has 0 unspecified atom stereocenters. The van der Waals surface area contributed by atoms with Crippen molar-refractivity contribution in [3.8, 4) is 16.9 Å². The van der Waals surface area contributed by atoms with Crippen molar-refractivity contribution in [2.24, 2.45) is 5.73 Å². The zero-order valence-corrected chi connectivity index (χ0v) is 20.8. The van der Waals surface area contributed by atoms with Gasteiger partial charge in [-0.3, -0.25) is 4.90 Å². The molecule has 1 aliphatic heterocycles. The zero-order chi connectivity index (χ0) is 24.0. The number of likely N-dealkylation sites (N-methyl/N-ethyl adjacent to an activating group) is 1. The van der Waals surface area contributed by atoms with Crippen LogP contribution in [0.1, 0.15) is 25.0 Å². The predicted molar refractivity (Wildman–Crippen MR) is 145 cm³/mol. The Bertz CT molecular complexity index is 1240. The number of fused-ring (bicyclic) bond motifs is 3. The van der Waals surface area contributed by atoms with Gasteiger partial charge in [-0.25, -0.2) is 4.98 Å². The van der Waals surface area contributed by atoms with Gasteiger partial charge in [0.2, 0.25) is 0 Å². The minimum atomic E-state index is 0.729. The molecule has 0 bridgehead atoms. The summed E-state index contributed by atoms with van der Waals surface area (Å²) < 4.78 is 6.02. The van der Waals surface area contributed by atoms with E-state index in [9.17, 15) is 0 Å². The normalized spacial score (nSPS) is 15.3. The first kappa shape index (κ1) is 23.8. The number of ether oxygens (including phenoxy) is 1. The third kappa shape index (κ3) is 5.84. The van der Waals surface area contributed by atoms with Crippen LogP contribution in [0, 0.1) is 0 Å². The van der Waals surface area contributed by atoms with Crippen LogP contribution in [0.2, 0.25) is 0 Å². The Hall–Kier alpha value is -2.93. The van der Waals surface area contributed by atoms with E-state index in [0.717, 1.165) is 94.2 Å².